The van der Waals surface area contributed by atoms with Crippen molar-refractivity contribution in [3.05, 3.63) is 34.3 Å². The minimum absolute atomic E-state index is 0.0182. The van der Waals surface area contributed by atoms with Crippen molar-refractivity contribution in [3.63, 3.8) is 0 Å². The van der Waals surface area contributed by atoms with E-state index < -0.39 is 47.2 Å². The van der Waals surface area contributed by atoms with Gasteiger partial charge in [0.05, 0.1) is 18.3 Å². The lowest BCUT2D eigenvalue weighted by molar-refractivity contribution is -0.287. The summed E-state index contributed by atoms with van der Waals surface area (Å²) in [4.78, 5) is 17.9. The molecule has 0 unspecified atom stereocenters. The van der Waals surface area contributed by atoms with E-state index in [4.69, 9.17) is 0 Å². The smallest absolute Gasteiger partial charge is 0.297 e. The van der Waals surface area contributed by atoms with Gasteiger partial charge in [-0.05, 0) is 7.05 Å². The second-order valence-electron chi connectivity index (χ2n) is 6.57. The zero-order valence-corrected chi connectivity index (χ0v) is 14.7. The first-order chi connectivity index (χ1) is 13.2. The van der Waals surface area contributed by atoms with Crippen molar-refractivity contribution >= 4 is 0 Å². The number of hydrogen-bond donors (Lipinski definition) is 0. The average molecular weight is 431 g/mol. The summed E-state index contributed by atoms with van der Waals surface area (Å²) >= 11 is 0. The minimum Gasteiger partial charge on any atom is -0.297 e. The van der Waals surface area contributed by atoms with Crippen LogP contribution in [0.3, 0.4) is 0 Å². The Morgan fingerprint density at radius 1 is 1.07 bits per heavy atom. The largest absolute Gasteiger partial charge is 0.455 e. The van der Waals surface area contributed by atoms with Gasteiger partial charge in [0.15, 0.2) is 5.69 Å². The summed E-state index contributed by atoms with van der Waals surface area (Å²) in [5.41, 5.74) is -4.13. The van der Waals surface area contributed by atoms with E-state index in [1.165, 1.54) is 0 Å². The highest BCUT2D eigenvalue weighted by atomic mass is 19.4. The van der Waals surface area contributed by atoms with E-state index in [-0.39, 0.29) is 23.6 Å². The summed E-state index contributed by atoms with van der Waals surface area (Å²) in [5, 5.41) is 3.26. The lowest BCUT2D eigenvalue weighted by atomic mass is 10.1. The van der Waals surface area contributed by atoms with Gasteiger partial charge in [-0.2, -0.15) is 40.2 Å². The van der Waals surface area contributed by atoms with E-state index in [1.54, 1.807) is 11.9 Å². The molecule has 0 saturated heterocycles. The Hall–Kier alpha value is -2.51. The maximum Gasteiger partial charge on any atom is 0.455 e. The van der Waals surface area contributed by atoms with Gasteiger partial charge < -0.3 is 0 Å². The van der Waals surface area contributed by atoms with Crippen LogP contribution in [0, 0.1) is 0 Å². The van der Waals surface area contributed by atoms with Gasteiger partial charge in [0.1, 0.15) is 12.4 Å². The van der Waals surface area contributed by atoms with Crippen LogP contribution >= 0.6 is 0 Å². The van der Waals surface area contributed by atoms with Crippen LogP contribution in [0.2, 0.25) is 0 Å². The lowest BCUT2D eigenvalue weighted by Crippen LogP contribution is -2.40. The van der Waals surface area contributed by atoms with Crippen molar-refractivity contribution in [1.29, 1.82) is 0 Å². The van der Waals surface area contributed by atoms with E-state index in [0.717, 1.165) is 4.57 Å². The molecule has 0 amide bonds. The van der Waals surface area contributed by atoms with Gasteiger partial charge in [-0.15, -0.1) is 0 Å². The molecule has 0 bridgehead atoms. The molecule has 0 N–H and O–H groups in total. The molecule has 3 heterocycles. The molecule has 0 fully saturated rings. The highest BCUT2D eigenvalue weighted by molar-refractivity contribution is 5.64. The number of hydrogen-bond acceptors (Lipinski definition) is 4. The van der Waals surface area contributed by atoms with Crippen molar-refractivity contribution < 1.29 is 35.1 Å². The van der Waals surface area contributed by atoms with Gasteiger partial charge in [0.25, 0.3) is 5.56 Å². The Labute approximate surface area is 157 Å². The van der Waals surface area contributed by atoms with Crippen LogP contribution in [-0.4, -0.2) is 49.9 Å². The maximum atomic E-state index is 13.5. The van der Waals surface area contributed by atoms with Crippen molar-refractivity contribution in [1.82, 2.24) is 24.2 Å². The SMILES string of the molecule is CN1CCn2c(nc(C(F)(F)F)c(-c3cnn(CC(F)(F)C(F)(F)F)c3)c2=O)C1. The number of fused-ring (bicyclic) bond motifs is 1. The predicted molar refractivity (Wildman–Crippen MR) is 82.1 cm³/mol. The van der Waals surface area contributed by atoms with E-state index in [1.807, 2.05) is 0 Å². The van der Waals surface area contributed by atoms with E-state index in [2.05, 4.69) is 10.1 Å². The summed E-state index contributed by atoms with van der Waals surface area (Å²) in [5.74, 6) is -5.28. The summed E-state index contributed by atoms with van der Waals surface area (Å²) in [6, 6.07) is 0. The van der Waals surface area contributed by atoms with Gasteiger partial charge >= 0.3 is 18.3 Å². The number of rotatable bonds is 3. The Kier molecular flexibility index (Phi) is 4.96. The standard InChI is InChI=1S/C15H13F8N5O/c1-26-2-3-28-9(6-26)25-11(14(18,19)20)10(12(28)29)8-4-24-27(5-8)7-13(16,17)15(21,22)23/h4-5H,2-3,6-7H2,1H3. The first-order valence-electron chi connectivity index (χ1n) is 8.07. The van der Waals surface area contributed by atoms with Gasteiger partial charge in [0.2, 0.25) is 0 Å². The van der Waals surface area contributed by atoms with Crippen molar-refractivity contribution in [2.24, 2.45) is 0 Å². The lowest BCUT2D eigenvalue weighted by Gasteiger charge is -2.27. The molecule has 2 aromatic heterocycles. The van der Waals surface area contributed by atoms with Gasteiger partial charge in [-0.3, -0.25) is 18.9 Å². The highest BCUT2D eigenvalue weighted by Crippen LogP contribution is 2.37. The fourth-order valence-electron chi connectivity index (χ4n) is 2.88. The zero-order chi connectivity index (χ0) is 21.8. The van der Waals surface area contributed by atoms with Crippen molar-refractivity contribution in [2.75, 3.05) is 13.6 Å². The molecular weight excluding hydrogens is 418 g/mol. The molecule has 0 atom stereocenters. The zero-order valence-electron chi connectivity index (χ0n) is 14.7. The van der Waals surface area contributed by atoms with Crippen LogP contribution in [0.5, 0.6) is 0 Å². The maximum absolute atomic E-state index is 13.5. The average Bonchev–Trinajstić information content (AvgIpc) is 2.99. The van der Waals surface area contributed by atoms with Crippen LogP contribution in [0.4, 0.5) is 35.1 Å². The summed E-state index contributed by atoms with van der Waals surface area (Å²) < 4.78 is 105. The quantitative estimate of drug-likeness (QED) is 0.702. The molecule has 3 rings (SSSR count). The van der Waals surface area contributed by atoms with Crippen molar-refractivity contribution in [3.8, 4) is 11.1 Å². The third-order valence-electron chi connectivity index (χ3n) is 4.33. The van der Waals surface area contributed by atoms with Crippen LogP contribution in [0.25, 0.3) is 11.1 Å². The molecule has 2 aromatic rings. The van der Waals surface area contributed by atoms with Crippen LogP contribution in [0.1, 0.15) is 11.5 Å². The van der Waals surface area contributed by atoms with E-state index >= 15 is 0 Å². The fourth-order valence-corrected chi connectivity index (χ4v) is 2.88. The van der Waals surface area contributed by atoms with Crippen LogP contribution in [-0.2, 0) is 25.8 Å². The highest BCUT2D eigenvalue weighted by Gasteiger charge is 2.57. The Morgan fingerprint density at radius 3 is 2.31 bits per heavy atom. The molecule has 0 spiro atoms. The second kappa shape index (κ2) is 6.78. The fraction of sp³-hybridized carbons (Fsp3) is 0.533. The molecule has 1 aliphatic rings. The molecule has 29 heavy (non-hydrogen) atoms. The number of alkyl halides is 8. The molecule has 0 saturated carbocycles. The first kappa shape index (κ1) is 21.2. The molecular formula is C15H13F8N5O. The van der Waals surface area contributed by atoms with Crippen LogP contribution in [0.15, 0.2) is 17.2 Å². The monoisotopic (exact) mass is 431 g/mol. The van der Waals surface area contributed by atoms with Crippen molar-refractivity contribution in [2.45, 2.75) is 37.9 Å². The van der Waals surface area contributed by atoms with Gasteiger partial charge in [0, 0.05) is 24.8 Å². The molecule has 0 radical (unpaired) electrons. The molecule has 1 aliphatic heterocycles. The molecule has 0 aromatic carbocycles. The summed E-state index contributed by atoms with van der Waals surface area (Å²) in [6.07, 6.45) is -9.76. The second-order valence-corrected chi connectivity index (χ2v) is 6.57. The number of likely N-dealkylation sites (N-methyl/N-ethyl adjacent to an activating group) is 1. The third-order valence-corrected chi connectivity index (χ3v) is 4.33. The Balaban J connectivity index is 2.10. The number of aromatic nitrogens is 4. The van der Waals surface area contributed by atoms with Gasteiger partial charge in [-0.1, -0.05) is 0 Å². The summed E-state index contributed by atoms with van der Waals surface area (Å²) in [6.45, 7) is -1.56. The molecule has 14 heteroatoms. The predicted octanol–water partition coefficient (Wildman–Crippen LogP) is 2.77. The topological polar surface area (TPSA) is 56.0 Å². The summed E-state index contributed by atoms with van der Waals surface area (Å²) in [7, 11) is 1.63. The molecule has 0 aliphatic carbocycles. The van der Waals surface area contributed by atoms with E-state index in [0.29, 0.717) is 18.9 Å². The third kappa shape index (κ3) is 3.97. The van der Waals surface area contributed by atoms with Gasteiger partial charge in [-0.25, -0.2) is 4.98 Å². The Bertz CT molecular complexity index is 975. The number of nitrogens with zero attached hydrogens (tertiary/aromatic N) is 5. The minimum atomic E-state index is -5.87. The Morgan fingerprint density at radius 2 is 1.72 bits per heavy atom. The van der Waals surface area contributed by atoms with Crippen LogP contribution < -0.4 is 5.56 Å². The number of halogens is 8. The molecule has 160 valence electrons. The normalized spacial score (nSPS) is 16.2. The first-order valence-corrected chi connectivity index (χ1v) is 8.07. The van der Waals surface area contributed by atoms with E-state index in [9.17, 15) is 39.9 Å². The molecule has 6 nitrogen and oxygen atoms in total.